The first kappa shape index (κ1) is 16.1. The maximum atomic E-state index is 5.68. The van der Waals surface area contributed by atoms with Gasteiger partial charge in [-0.1, -0.05) is 29.4 Å². The Balaban J connectivity index is 0.00000146. The number of hydrogen-bond donors (Lipinski definition) is 1. The summed E-state index contributed by atoms with van der Waals surface area (Å²) < 4.78 is 5.68. The van der Waals surface area contributed by atoms with E-state index in [0.717, 1.165) is 37.8 Å². The highest BCUT2D eigenvalue weighted by Crippen LogP contribution is 2.65. The fourth-order valence-corrected chi connectivity index (χ4v) is 4.54. The van der Waals surface area contributed by atoms with Crippen LogP contribution < -0.4 is 5.32 Å². The molecule has 2 heterocycles. The zero-order valence-corrected chi connectivity index (χ0v) is 14.7. The smallest absolute Gasteiger partial charge is 0.230 e. The topological polar surface area (TPSA) is 54.2 Å². The largest absolute Gasteiger partial charge is 0.339 e. The number of hydrogen-bond acceptors (Lipinski definition) is 5. The molecule has 5 rings (SSSR count). The van der Waals surface area contributed by atoms with E-state index in [1.54, 1.807) is 0 Å². The highest BCUT2D eigenvalue weighted by molar-refractivity contribution is 5.85. The number of piperazine rings is 1. The summed E-state index contributed by atoms with van der Waals surface area (Å²) in [5.41, 5.74) is 3.30. The van der Waals surface area contributed by atoms with Crippen LogP contribution in [0.15, 0.2) is 28.8 Å². The van der Waals surface area contributed by atoms with Gasteiger partial charge in [-0.3, -0.25) is 4.90 Å². The van der Waals surface area contributed by atoms with E-state index in [4.69, 9.17) is 9.51 Å². The van der Waals surface area contributed by atoms with Gasteiger partial charge in [-0.15, -0.1) is 12.4 Å². The zero-order valence-electron chi connectivity index (χ0n) is 13.9. The van der Waals surface area contributed by atoms with E-state index in [0.29, 0.717) is 5.92 Å². The van der Waals surface area contributed by atoms with Crippen molar-refractivity contribution in [3.8, 4) is 0 Å². The number of likely N-dealkylation sites (N-methyl/N-ethyl adjacent to an activating group) is 1. The quantitative estimate of drug-likeness (QED) is 0.905. The van der Waals surface area contributed by atoms with Crippen LogP contribution in [0.3, 0.4) is 0 Å². The molecule has 1 saturated heterocycles. The number of aromatic nitrogens is 2. The lowest BCUT2D eigenvalue weighted by atomic mass is 9.95. The number of nitrogens with zero attached hydrogens (tertiary/aromatic N) is 3. The number of benzene rings is 1. The van der Waals surface area contributed by atoms with E-state index >= 15 is 0 Å². The van der Waals surface area contributed by atoms with Crippen LogP contribution in [0, 0.1) is 0 Å². The molecule has 2 aliphatic carbocycles. The minimum atomic E-state index is 0. The summed E-state index contributed by atoms with van der Waals surface area (Å²) in [6, 6.07) is 9.08. The van der Waals surface area contributed by atoms with Crippen molar-refractivity contribution in [3.63, 3.8) is 0 Å². The molecule has 1 aromatic carbocycles. The van der Waals surface area contributed by atoms with Crippen LogP contribution >= 0.6 is 12.4 Å². The molecule has 0 amide bonds. The lowest BCUT2D eigenvalue weighted by molar-refractivity contribution is 0.190. The first-order valence-corrected chi connectivity index (χ1v) is 8.61. The van der Waals surface area contributed by atoms with Crippen molar-refractivity contribution in [1.29, 1.82) is 0 Å². The van der Waals surface area contributed by atoms with Crippen LogP contribution in [-0.4, -0.2) is 41.7 Å². The van der Waals surface area contributed by atoms with Gasteiger partial charge < -0.3 is 9.84 Å². The average molecular weight is 347 g/mol. The van der Waals surface area contributed by atoms with Gasteiger partial charge in [-0.2, -0.15) is 4.98 Å². The highest BCUT2D eigenvalue weighted by atomic mass is 35.5. The third kappa shape index (κ3) is 2.30. The van der Waals surface area contributed by atoms with Gasteiger partial charge in [0.05, 0.1) is 6.04 Å². The summed E-state index contributed by atoms with van der Waals surface area (Å²) in [7, 11) is 2.13. The fourth-order valence-electron chi connectivity index (χ4n) is 4.54. The summed E-state index contributed by atoms with van der Waals surface area (Å²) in [5.74, 6) is 2.09. The molecular weight excluding hydrogens is 324 g/mol. The molecule has 1 spiro atoms. The summed E-state index contributed by atoms with van der Waals surface area (Å²) in [6.45, 7) is 2.95. The lowest BCUT2D eigenvalue weighted by Gasteiger charge is -2.30. The molecule has 1 aliphatic heterocycles. The molecule has 1 saturated carbocycles. The Labute approximate surface area is 148 Å². The predicted molar refractivity (Wildman–Crippen MR) is 93.6 cm³/mol. The molecule has 3 unspecified atom stereocenters. The molecular formula is C18H23ClN4O. The Kier molecular flexibility index (Phi) is 3.90. The molecule has 5 nitrogen and oxygen atoms in total. The van der Waals surface area contributed by atoms with Gasteiger partial charge in [-0.05, 0) is 37.4 Å². The summed E-state index contributed by atoms with van der Waals surface area (Å²) in [4.78, 5) is 7.08. The van der Waals surface area contributed by atoms with E-state index in [1.807, 2.05) is 0 Å². The first-order chi connectivity index (χ1) is 11.3. The molecule has 0 bridgehead atoms. The summed E-state index contributed by atoms with van der Waals surface area (Å²) in [5, 5.41) is 7.71. The Morgan fingerprint density at radius 1 is 1.33 bits per heavy atom. The Morgan fingerprint density at radius 3 is 3.08 bits per heavy atom. The lowest BCUT2D eigenvalue weighted by Crippen LogP contribution is -2.44. The van der Waals surface area contributed by atoms with E-state index in [-0.39, 0.29) is 23.9 Å². The Morgan fingerprint density at radius 2 is 2.21 bits per heavy atom. The van der Waals surface area contributed by atoms with Crippen molar-refractivity contribution in [2.24, 2.45) is 0 Å². The predicted octanol–water partition coefficient (Wildman–Crippen LogP) is 2.44. The average Bonchev–Trinajstić information content (AvgIpc) is 2.92. The van der Waals surface area contributed by atoms with Crippen LogP contribution in [0.25, 0.3) is 0 Å². The Bertz CT molecular complexity index is 748. The van der Waals surface area contributed by atoms with Gasteiger partial charge >= 0.3 is 0 Å². The normalized spacial score (nSPS) is 31.7. The van der Waals surface area contributed by atoms with E-state index in [2.05, 4.69) is 46.7 Å². The molecule has 2 fully saturated rings. The zero-order chi connectivity index (χ0) is 15.4. The van der Waals surface area contributed by atoms with Crippen LogP contribution in [0.4, 0.5) is 0 Å². The van der Waals surface area contributed by atoms with Crippen LogP contribution in [0.5, 0.6) is 0 Å². The van der Waals surface area contributed by atoms with Crippen LogP contribution in [0.2, 0.25) is 0 Å². The summed E-state index contributed by atoms with van der Waals surface area (Å²) in [6.07, 6.45) is 3.56. The van der Waals surface area contributed by atoms with E-state index in [1.165, 1.54) is 24.0 Å². The second kappa shape index (κ2) is 5.83. The second-order valence-corrected chi connectivity index (χ2v) is 7.26. The van der Waals surface area contributed by atoms with Gasteiger partial charge in [0.15, 0.2) is 5.82 Å². The van der Waals surface area contributed by atoms with Crippen molar-refractivity contribution < 1.29 is 4.52 Å². The first-order valence-electron chi connectivity index (χ1n) is 8.61. The van der Waals surface area contributed by atoms with Gasteiger partial charge in [0, 0.05) is 31.0 Å². The fraction of sp³-hybridized carbons (Fsp3) is 0.556. The van der Waals surface area contributed by atoms with Crippen molar-refractivity contribution >= 4 is 12.4 Å². The second-order valence-electron chi connectivity index (χ2n) is 7.26. The van der Waals surface area contributed by atoms with Crippen LogP contribution in [-0.2, 0) is 11.8 Å². The van der Waals surface area contributed by atoms with Crippen molar-refractivity contribution in [1.82, 2.24) is 20.4 Å². The van der Waals surface area contributed by atoms with E-state index in [9.17, 15) is 0 Å². The number of aryl methyl sites for hydroxylation is 1. The molecule has 6 heteroatoms. The molecule has 1 N–H and O–H groups in total. The SMILES string of the molecule is CN1CCNCC1c1noc(C2CC23CCc2ccccc23)n1.Cl. The molecule has 3 atom stereocenters. The maximum Gasteiger partial charge on any atom is 0.230 e. The molecule has 0 radical (unpaired) electrons. The third-order valence-electron chi connectivity index (χ3n) is 6.03. The minimum absolute atomic E-state index is 0. The molecule has 1 aromatic heterocycles. The minimum Gasteiger partial charge on any atom is -0.339 e. The molecule has 3 aliphatic rings. The van der Waals surface area contributed by atoms with Crippen molar-refractivity contribution in [2.75, 3.05) is 26.7 Å². The van der Waals surface area contributed by atoms with Gasteiger partial charge in [-0.25, -0.2) is 0 Å². The maximum absolute atomic E-state index is 5.68. The third-order valence-corrected chi connectivity index (χ3v) is 6.03. The van der Waals surface area contributed by atoms with Gasteiger partial charge in [0.1, 0.15) is 0 Å². The van der Waals surface area contributed by atoms with Crippen LogP contribution in [0.1, 0.15) is 47.6 Å². The molecule has 24 heavy (non-hydrogen) atoms. The molecule has 128 valence electrons. The number of rotatable bonds is 2. The molecule has 2 aromatic rings. The van der Waals surface area contributed by atoms with Gasteiger partial charge in [0.2, 0.25) is 5.89 Å². The summed E-state index contributed by atoms with van der Waals surface area (Å²) >= 11 is 0. The number of halogens is 1. The Hall–Kier alpha value is -1.43. The van der Waals surface area contributed by atoms with Crippen molar-refractivity contribution in [3.05, 3.63) is 47.1 Å². The van der Waals surface area contributed by atoms with Crippen molar-refractivity contribution in [2.45, 2.75) is 36.6 Å². The number of fused-ring (bicyclic) bond motifs is 2. The highest BCUT2D eigenvalue weighted by Gasteiger charge is 2.61. The van der Waals surface area contributed by atoms with Gasteiger partial charge in [0.25, 0.3) is 0 Å². The van der Waals surface area contributed by atoms with E-state index < -0.39 is 0 Å². The number of nitrogens with one attached hydrogen (secondary N) is 1. The monoisotopic (exact) mass is 346 g/mol. The standard InChI is InChI=1S/C18H22N4O.ClH/c1-22-9-8-19-11-15(22)16-20-17(23-21-16)14-10-18(14)7-6-12-4-2-3-5-13(12)18;/h2-5,14-15,19H,6-11H2,1H3;1H.